The van der Waals surface area contributed by atoms with Crippen LogP contribution in [0.25, 0.3) is 10.9 Å². The van der Waals surface area contributed by atoms with Crippen LogP contribution in [-0.2, 0) is 13.1 Å². The number of fused-ring (bicyclic) bond motifs is 1. The number of rotatable bonds is 4. The summed E-state index contributed by atoms with van der Waals surface area (Å²) in [7, 11) is 1.98. The van der Waals surface area contributed by atoms with Gasteiger partial charge in [-0.2, -0.15) is 0 Å². The highest BCUT2D eigenvalue weighted by Crippen LogP contribution is 2.22. The molecule has 0 amide bonds. The van der Waals surface area contributed by atoms with Gasteiger partial charge in [-0.25, -0.2) is 0 Å². The molecule has 0 aliphatic rings. The van der Waals surface area contributed by atoms with Gasteiger partial charge in [0.25, 0.3) is 0 Å². The van der Waals surface area contributed by atoms with Gasteiger partial charge in [0.1, 0.15) is 0 Å². The molecule has 102 valence electrons. The lowest BCUT2D eigenvalue weighted by molar-refractivity contribution is 0.811. The van der Waals surface area contributed by atoms with Crippen molar-refractivity contribution in [2.45, 2.75) is 13.1 Å². The Morgan fingerprint density at radius 1 is 1.10 bits per heavy atom. The molecule has 0 atom stereocenters. The van der Waals surface area contributed by atoms with Crippen LogP contribution in [-0.4, -0.2) is 11.6 Å². The summed E-state index contributed by atoms with van der Waals surface area (Å²) in [4.78, 5) is 0. The minimum Gasteiger partial charge on any atom is -0.343 e. The highest BCUT2D eigenvalue weighted by Gasteiger charge is 2.05. The molecule has 2 nitrogen and oxygen atoms in total. The second kappa shape index (κ2) is 5.81. The van der Waals surface area contributed by atoms with Crippen LogP contribution in [0.1, 0.15) is 11.1 Å². The van der Waals surface area contributed by atoms with Crippen molar-refractivity contribution >= 4 is 26.8 Å². The number of aromatic nitrogens is 1. The molecule has 0 aliphatic carbocycles. The predicted molar refractivity (Wildman–Crippen MR) is 87.9 cm³/mol. The van der Waals surface area contributed by atoms with Gasteiger partial charge in [-0.15, -0.1) is 0 Å². The summed E-state index contributed by atoms with van der Waals surface area (Å²) in [6, 6.07) is 17.2. The highest BCUT2D eigenvalue weighted by atomic mass is 79.9. The van der Waals surface area contributed by atoms with E-state index in [4.69, 9.17) is 0 Å². The molecule has 3 rings (SSSR count). The zero-order chi connectivity index (χ0) is 13.9. The zero-order valence-corrected chi connectivity index (χ0v) is 13.0. The fourth-order valence-corrected chi connectivity index (χ4v) is 2.90. The lowest BCUT2D eigenvalue weighted by Gasteiger charge is -2.09. The standard InChI is InChI=1S/C17H17BrN2/c1-19-11-13-6-7-14-8-9-20(17(14)10-13)12-15-4-2-3-5-16(15)18/h2-10,19H,11-12H2,1H3. The average Bonchev–Trinajstić information content (AvgIpc) is 2.85. The third-order valence-corrected chi connectivity index (χ3v) is 4.29. The van der Waals surface area contributed by atoms with Gasteiger partial charge in [0.2, 0.25) is 0 Å². The van der Waals surface area contributed by atoms with E-state index in [1.165, 1.54) is 22.0 Å². The van der Waals surface area contributed by atoms with Gasteiger partial charge in [-0.05, 0) is 41.8 Å². The molecule has 2 aromatic carbocycles. The van der Waals surface area contributed by atoms with Gasteiger partial charge in [-0.1, -0.05) is 46.3 Å². The number of hydrogen-bond donors (Lipinski definition) is 1. The van der Waals surface area contributed by atoms with E-state index in [0.29, 0.717) is 0 Å². The Balaban J connectivity index is 1.99. The molecule has 0 bridgehead atoms. The van der Waals surface area contributed by atoms with E-state index in [2.05, 4.69) is 74.5 Å². The summed E-state index contributed by atoms with van der Waals surface area (Å²) in [6.07, 6.45) is 2.16. The predicted octanol–water partition coefficient (Wildman–Crippen LogP) is 4.17. The minimum absolute atomic E-state index is 0.883. The number of nitrogens with zero attached hydrogens (tertiary/aromatic N) is 1. The zero-order valence-electron chi connectivity index (χ0n) is 11.4. The molecule has 0 radical (unpaired) electrons. The first kappa shape index (κ1) is 13.4. The SMILES string of the molecule is CNCc1ccc2ccn(Cc3ccccc3Br)c2c1. The molecule has 0 saturated heterocycles. The van der Waals surface area contributed by atoms with E-state index in [9.17, 15) is 0 Å². The molecule has 0 spiro atoms. The Bertz CT molecular complexity index is 731. The van der Waals surface area contributed by atoms with Crippen molar-refractivity contribution in [3.63, 3.8) is 0 Å². The van der Waals surface area contributed by atoms with E-state index in [0.717, 1.165) is 17.6 Å². The summed E-state index contributed by atoms with van der Waals surface area (Å²) in [6.45, 7) is 1.78. The first-order valence-electron chi connectivity index (χ1n) is 6.74. The Morgan fingerprint density at radius 2 is 1.95 bits per heavy atom. The van der Waals surface area contributed by atoms with E-state index < -0.39 is 0 Å². The van der Waals surface area contributed by atoms with Crippen molar-refractivity contribution in [2.24, 2.45) is 0 Å². The molecule has 3 aromatic rings. The number of halogens is 1. The van der Waals surface area contributed by atoms with Crippen LogP contribution in [0, 0.1) is 0 Å². The summed E-state index contributed by atoms with van der Waals surface area (Å²) in [5.74, 6) is 0. The molecule has 1 heterocycles. The van der Waals surface area contributed by atoms with E-state index >= 15 is 0 Å². The molecule has 0 fully saturated rings. The number of hydrogen-bond acceptors (Lipinski definition) is 1. The molecule has 1 aromatic heterocycles. The maximum atomic E-state index is 3.62. The molecule has 0 unspecified atom stereocenters. The summed E-state index contributed by atoms with van der Waals surface area (Å²) in [5, 5.41) is 4.49. The molecule has 0 saturated carbocycles. The summed E-state index contributed by atoms with van der Waals surface area (Å²) in [5.41, 5.74) is 3.89. The van der Waals surface area contributed by atoms with E-state index in [1.54, 1.807) is 0 Å². The molecular formula is C17H17BrN2. The van der Waals surface area contributed by atoms with Gasteiger partial charge in [-0.3, -0.25) is 0 Å². The fraction of sp³-hybridized carbons (Fsp3) is 0.176. The van der Waals surface area contributed by atoms with Crippen LogP contribution in [0.15, 0.2) is 59.2 Å². The van der Waals surface area contributed by atoms with E-state index in [1.807, 2.05) is 13.1 Å². The minimum atomic E-state index is 0.883. The summed E-state index contributed by atoms with van der Waals surface area (Å²) < 4.78 is 3.46. The maximum Gasteiger partial charge on any atom is 0.0487 e. The third kappa shape index (κ3) is 2.65. The second-order valence-corrected chi connectivity index (χ2v) is 5.81. The largest absolute Gasteiger partial charge is 0.343 e. The van der Waals surface area contributed by atoms with Crippen LogP contribution in [0.2, 0.25) is 0 Å². The second-order valence-electron chi connectivity index (χ2n) is 4.96. The van der Waals surface area contributed by atoms with Crippen LogP contribution >= 0.6 is 15.9 Å². The van der Waals surface area contributed by atoms with Crippen LogP contribution in [0.5, 0.6) is 0 Å². The van der Waals surface area contributed by atoms with Crippen LogP contribution in [0.4, 0.5) is 0 Å². The third-order valence-electron chi connectivity index (χ3n) is 3.52. The number of benzene rings is 2. The van der Waals surface area contributed by atoms with Crippen LogP contribution < -0.4 is 5.32 Å². The molecule has 3 heteroatoms. The van der Waals surface area contributed by atoms with Crippen molar-refractivity contribution in [2.75, 3.05) is 7.05 Å². The Hall–Kier alpha value is -1.58. The number of nitrogens with one attached hydrogen (secondary N) is 1. The van der Waals surface area contributed by atoms with Gasteiger partial charge < -0.3 is 9.88 Å². The Labute approximate surface area is 127 Å². The van der Waals surface area contributed by atoms with Crippen molar-refractivity contribution in [3.8, 4) is 0 Å². The normalized spacial score (nSPS) is 11.1. The molecule has 0 aliphatic heterocycles. The van der Waals surface area contributed by atoms with Crippen molar-refractivity contribution < 1.29 is 0 Å². The van der Waals surface area contributed by atoms with Crippen molar-refractivity contribution in [1.29, 1.82) is 0 Å². The van der Waals surface area contributed by atoms with Crippen molar-refractivity contribution in [1.82, 2.24) is 9.88 Å². The van der Waals surface area contributed by atoms with Gasteiger partial charge in [0, 0.05) is 29.3 Å². The molecular weight excluding hydrogens is 312 g/mol. The maximum absolute atomic E-state index is 3.62. The lowest BCUT2D eigenvalue weighted by atomic mass is 10.1. The van der Waals surface area contributed by atoms with Gasteiger partial charge in [0.05, 0.1) is 0 Å². The monoisotopic (exact) mass is 328 g/mol. The average molecular weight is 329 g/mol. The van der Waals surface area contributed by atoms with Gasteiger partial charge >= 0.3 is 0 Å². The first-order chi connectivity index (χ1) is 9.78. The Kier molecular flexibility index (Phi) is 3.90. The van der Waals surface area contributed by atoms with Gasteiger partial charge in [0.15, 0.2) is 0 Å². The van der Waals surface area contributed by atoms with Crippen LogP contribution in [0.3, 0.4) is 0 Å². The molecule has 20 heavy (non-hydrogen) atoms. The summed E-state index contributed by atoms with van der Waals surface area (Å²) >= 11 is 3.62. The Morgan fingerprint density at radius 3 is 2.75 bits per heavy atom. The molecule has 1 N–H and O–H groups in total. The quantitative estimate of drug-likeness (QED) is 0.760. The van der Waals surface area contributed by atoms with Crippen molar-refractivity contribution in [3.05, 3.63) is 70.3 Å². The lowest BCUT2D eigenvalue weighted by Crippen LogP contribution is -2.05. The topological polar surface area (TPSA) is 17.0 Å². The smallest absolute Gasteiger partial charge is 0.0487 e. The fourth-order valence-electron chi connectivity index (χ4n) is 2.49. The first-order valence-corrected chi connectivity index (χ1v) is 7.53. The highest BCUT2D eigenvalue weighted by molar-refractivity contribution is 9.10. The van der Waals surface area contributed by atoms with E-state index in [-0.39, 0.29) is 0 Å².